The van der Waals surface area contributed by atoms with Crippen LogP contribution in [0.15, 0.2) is 0 Å². The summed E-state index contributed by atoms with van der Waals surface area (Å²) >= 11 is 4.66. The Balaban J connectivity index is 2.53. The molecule has 1 atom stereocenters. The number of rotatable bonds is 5. The highest BCUT2D eigenvalue weighted by atomic mass is 32.2. The van der Waals surface area contributed by atoms with Crippen LogP contribution in [0, 0.1) is 0 Å². The summed E-state index contributed by atoms with van der Waals surface area (Å²) in [6.45, 7) is 0.740. The molecular formula is C8H16N2O3S2. The zero-order chi connectivity index (χ0) is 11.5. The van der Waals surface area contributed by atoms with E-state index in [4.69, 9.17) is 10.5 Å². The fourth-order valence-corrected chi connectivity index (χ4v) is 3.05. The number of hydrogen-bond donors (Lipinski definition) is 1. The first-order chi connectivity index (χ1) is 6.92. The van der Waals surface area contributed by atoms with Gasteiger partial charge in [-0.15, -0.1) is 0 Å². The van der Waals surface area contributed by atoms with Gasteiger partial charge in [0.25, 0.3) is 0 Å². The minimum atomic E-state index is -3.30. The Bertz CT molecular complexity index is 323. The van der Waals surface area contributed by atoms with Crippen LogP contribution in [-0.2, 0) is 14.8 Å². The van der Waals surface area contributed by atoms with E-state index in [0.717, 1.165) is 12.8 Å². The molecule has 1 aliphatic heterocycles. The molecule has 0 amide bonds. The fourth-order valence-electron chi connectivity index (χ4n) is 1.46. The van der Waals surface area contributed by atoms with Gasteiger partial charge < -0.3 is 10.5 Å². The molecule has 0 bridgehead atoms. The smallest absolute Gasteiger partial charge is 0.216 e. The number of nitrogens with two attached hydrogens (primary N) is 1. The molecule has 0 aromatic carbocycles. The molecule has 0 spiro atoms. The predicted octanol–water partition coefficient (Wildman–Crippen LogP) is -0.287. The van der Waals surface area contributed by atoms with Crippen molar-refractivity contribution in [2.45, 2.75) is 18.9 Å². The lowest BCUT2D eigenvalue weighted by Crippen LogP contribution is -2.38. The predicted molar refractivity (Wildman–Crippen MR) is 62.2 cm³/mol. The lowest BCUT2D eigenvalue weighted by Gasteiger charge is -2.18. The number of thiocarbonyl (C=S) groups is 1. The monoisotopic (exact) mass is 252 g/mol. The first-order valence-electron chi connectivity index (χ1n) is 4.76. The molecule has 0 aliphatic carbocycles. The van der Waals surface area contributed by atoms with E-state index in [0.29, 0.717) is 6.61 Å². The second-order valence-electron chi connectivity index (χ2n) is 3.64. The largest absolute Gasteiger partial charge is 0.392 e. The van der Waals surface area contributed by atoms with Crippen molar-refractivity contribution >= 4 is 27.2 Å². The van der Waals surface area contributed by atoms with Crippen molar-refractivity contribution in [3.8, 4) is 0 Å². The third-order valence-corrected chi connectivity index (χ3v) is 4.27. The molecule has 0 saturated carbocycles. The van der Waals surface area contributed by atoms with Gasteiger partial charge in [0, 0.05) is 13.7 Å². The summed E-state index contributed by atoms with van der Waals surface area (Å²) in [5.41, 5.74) is 5.29. The maximum atomic E-state index is 11.8. The Morgan fingerprint density at radius 3 is 2.80 bits per heavy atom. The summed E-state index contributed by atoms with van der Waals surface area (Å²) < 4.78 is 30.0. The molecular weight excluding hydrogens is 236 g/mol. The van der Waals surface area contributed by atoms with Gasteiger partial charge in [-0.25, -0.2) is 8.42 Å². The zero-order valence-electron chi connectivity index (χ0n) is 8.68. The number of nitrogens with zero attached hydrogens (tertiary/aromatic N) is 1. The van der Waals surface area contributed by atoms with Crippen LogP contribution in [0.25, 0.3) is 0 Å². The summed E-state index contributed by atoms with van der Waals surface area (Å²) in [7, 11) is -1.82. The first-order valence-corrected chi connectivity index (χ1v) is 6.77. The molecule has 1 aliphatic rings. The van der Waals surface area contributed by atoms with Gasteiger partial charge in [-0.1, -0.05) is 12.2 Å². The molecule has 1 rings (SSSR count). The maximum Gasteiger partial charge on any atom is 0.216 e. The van der Waals surface area contributed by atoms with Crippen LogP contribution in [-0.4, -0.2) is 49.8 Å². The second-order valence-corrected chi connectivity index (χ2v) is 6.28. The standard InChI is InChI=1S/C8H16N2O3S2/c1-10(5-8(9)14)15(11,12)6-7-3-2-4-13-7/h7H,2-6H2,1H3,(H2,9,14). The third kappa shape index (κ3) is 4.02. The molecule has 7 heteroatoms. The maximum absolute atomic E-state index is 11.8. The Morgan fingerprint density at radius 1 is 1.67 bits per heavy atom. The van der Waals surface area contributed by atoms with Gasteiger partial charge in [0.2, 0.25) is 10.0 Å². The highest BCUT2D eigenvalue weighted by Gasteiger charge is 2.26. The molecule has 0 aromatic heterocycles. The molecule has 0 radical (unpaired) electrons. The Kier molecular flexibility index (Phi) is 4.45. The Morgan fingerprint density at radius 2 is 2.33 bits per heavy atom. The molecule has 5 nitrogen and oxygen atoms in total. The van der Waals surface area contributed by atoms with Crippen LogP contribution in [0.4, 0.5) is 0 Å². The van der Waals surface area contributed by atoms with Crippen molar-refractivity contribution < 1.29 is 13.2 Å². The average molecular weight is 252 g/mol. The summed E-state index contributed by atoms with van der Waals surface area (Å²) in [4.78, 5) is 0.174. The van der Waals surface area contributed by atoms with Crippen LogP contribution >= 0.6 is 12.2 Å². The average Bonchev–Trinajstić information content (AvgIpc) is 2.54. The van der Waals surface area contributed by atoms with Gasteiger partial charge in [0.15, 0.2) is 0 Å². The van der Waals surface area contributed by atoms with Gasteiger partial charge in [0.05, 0.1) is 23.4 Å². The van der Waals surface area contributed by atoms with Gasteiger partial charge >= 0.3 is 0 Å². The van der Waals surface area contributed by atoms with E-state index in [1.807, 2.05) is 0 Å². The van der Waals surface area contributed by atoms with Gasteiger partial charge in [-0.3, -0.25) is 0 Å². The van der Waals surface area contributed by atoms with Crippen molar-refractivity contribution in [1.29, 1.82) is 0 Å². The van der Waals surface area contributed by atoms with Crippen molar-refractivity contribution in [3.63, 3.8) is 0 Å². The normalized spacial score (nSPS) is 22.1. The van der Waals surface area contributed by atoms with E-state index in [2.05, 4.69) is 12.2 Å². The minimum absolute atomic E-state index is 0.0200. The molecule has 1 saturated heterocycles. The van der Waals surface area contributed by atoms with Crippen molar-refractivity contribution in [2.75, 3.05) is 26.0 Å². The first kappa shape index (κ1) is 12.8. The van der Waals surface area contributed by atoms with Crippen LogP contribution in [0.5, 0.6) is 0 Å². The SMILES string of the molecule is CN(CC(N)=S)S(=O)(=O)CC1CCCO1. The summed E-state index contributed by atoms with van der Waals surface area (Å²) in [6.07, 6.45) is 1.56. The van der Waals surface area contributed by atoms with E-state index < -0.39 is 10.0 Å². The van der Waals surface area contributed by atoms with Crippen molar-refractivity contribution in [3.05, 3.63) is 0 Å². The van der Waals surface area contributed by atoms with Gasteiger partial charge in [-0.05, 0) is 12.8 Å². The van der Waals surface area contributed by atoms with Crippen LogP contribution in [0.2, 0.25) is 0 Å². The fraction of sp³-hybridized carbons (Fsp3) is 0.875. The quantitative estimate of drug-likeness (QED) is 0.681. The van der Waals surface area contributed by atoms with Crippen LogP contribution < -0.4 is 5.73 Å². The third-order valence-electron chi connectivity index (χ3n) is 2.27. The van der Waals surface area contributed by atoms with Gasteiger partial charge in [-0.2, -0.15) is 4.31 Å². The summed E-state index contributed by atoms with van der Waals surface area (Å²) in [6, 6.07) is 0. The summed E-state index contributed by atoms with van der Waals surface area (Å²) in [5.74, 6) is 0.0200. The van der Waals surface area contributed by atoms with E-state index >= 15 is 0 Å². The number of sulfonamides is 1. The van der Waals surface area contributed by atoms with Crippen molar-refractivity contribution in [1.82, 2.24) is 4.31 Å². The zero-order valence-corrected chi connectivity index (χ0v) is 10.3. The Hall–Kier alpha value is -0.240. The summed E-state index contributed by atoms with van der Waals surface area (Å²) in [5, 5.41) is 0. The minimum Gasteiger partial charge on any atom is -0.392 e. The molecule has 1 fully saturated rings. The lowest BCUT2D eigenvalue weighted by atomic mass is 10.3. The number of ether oxygens (including phenoxy) is 1. The van der Waals surface area contributed by atoms with E-state index in [1.54, 1.807) is 0 Å². The Labute approximate surface area is 95.6 Å². The topological polar surface area (TPSA) is 72.6 Å². The highest BCUT2D eigenvalue weighted by Crippen LogP contribution is 2.15. The van der Waals surface area contributed by atoms with E-state index in [1.165, 1.54) is 11.4 Å². The molecule has 15 heavy (non-hydrogen) atoms. The van der Waals surface area contributed by atoms with Crippen LogP contribution in [0.3, 0.4) is 0 Å². The highest BCUT2D eigenvalue weighted by molar-refractivity contribution is 7.89. The number of likely N-dealkylation sites (N-methyl/N-ethyl adjacent to an activating group) is 1. The van der Waals surface area contributed by atoms with E-state index in [9.17, 15) is 8.42 Å². The van der Waals surface area contributed by atoms with Crippen LogP contribution in [0.1, 0.15) is 12.8 Å². The molecule has 1 unspecified atom stereocenters. The molecule has 88 valence electrons. The van der Waals surface area contributed by atoms with Gasteiger partial charge in [0.1, 0.15) is 0 Å². The van der Waals surface area contributed by atoms with Crippen molar-refractivity contribution in [2.24, 2.45) is 5.73 Å². The molecule has 2 N–H and O–H groups in total. The number of hydrogen-bond acceptors (Lipinski definition) is 4. The second kappa shape index (κ2) is 5.20. The lowest BCUT2D eigenvalue weighted by molar-refractivity contribution is 0.126. The molecule has 1 heterocycles. The molecule has 0 aromatic rings. The van der Waals surface area contributed by atoms with E-state index in [-0.39, 0.29) is 23.4 Å².